The van der Waals surface area contributed by atoms with Crippen LogP contribution in [-0.4, -0.2) is 12.6 Å². The van der Waals surface area contributed by atoms with Crippen LogP contribution in [0.25, 0.3) is 60.6 Å². The molecule has 0 radical (unpaired) electrons. The molecule has 0 aliphatic rings. The summed E-state index contributed by atoms with van der Waals surface area (Å²) in [7, 11) is -2.71. The Labute approximate surface area is 373 Å². The summed E-state index contributed by atoms with van der Waals surface area (Å²) < 4.78 is 8.90. The van der Waals surface area contributed by atoms with E-state index in [1.807, 2.05) is 12.1 Å². The Kier molecular flexibility index (Phi) is 9.17. The maximum absolute atomic E-state index is 6.52. The number of nitrogens with zero attached hydrogens (tertiary/aromatic N) is 2. The monoisotopic (exact) mass is 834 g/mol. The number of furan rings is 1. The van der Waals surface area contributed by atoms with Gasteiger partial charge in [0.15, 0.2) is 8.07 Å². The van der Waals surface area contributed by atoms with Crippen molar-refractivity contribution in [2.75, 3.05) is 4.90 Å². The van der Waals surface area contributed by atoms with E-state index in [0.717, 1.165) is 55.8 Å². The van der Waals surface area contributed by atoms with E-state index in [4.69, 9.17) is 4.42 Å². The van der Waals surface area contributed by atoms with Crippen molar-refractivity contribution in [2.24, 2.45) is 0 Å². The number of benzene rings is 10. The molecule has 2 aromatic heterocycles. The van der Waals surface area contributed by atoms with Crippen LogP contribution in [0.1, 0.15) is 0 Å². The van der Waals surface area contributed by atoms with Gasteiger partial charge < -0.3 is 13.9 Å². The molecule has 0 spiro atoms. The predicted octanol–water partition coefficient (Wildman–Crippen LogP) is 13.2. The standard InChI is InChI=1S/C60H42N2OSi/c1-5-20-45(21-6-1)62-55-31-15-13-30-54(55)60-56(32-18-33-57(60)62)61(47-39-40-53-52-29-14-16-34-58(52)63-59(53)42-47)46-37-35-43(36-38-46)44-19-17-28-51(41-44)64(48-22-7-2-8-23-48,49-24-9-3-10-25-49)50-26-11-4-12-27-50/h1-42H. The van der Waals surface area contributed by atoms with Crippen LogP contribution in [0.15, 0.2) is 259 Å². The first-order chi connectivity index (χ1) is 31.8. The van der Waals surface area contributed by atoms with E-state index >= 15 is 0 Å². The lowest BCUT2D eigenvalue weighted by Gasteiger charge is -2.34. The van der Waals surface area contributed by atoms with Gasteiger partial charge in [-0.05, 0) is 92.5 Å². The fraction of sp³-hybridized carbons (Fsp3) is 0. The summed E-state index contributed by atoms with van der Waals surface area (Å²) >= 11 is 0. The molecule has 0 atom stereocenters. The van der Waals surface area contributed by atoms with Crippen molar-refractivity contribution in [1.82, 2.24) is 4.57 Å². The largest absolute Gasteiger partial charge is 0.456 e. The van der Waals surface area contributed by atoms with Crippen molar-refractivity contribution in [2.45, 2.75) is 0 Å². The van der Waals surface area contributed by atoms with Crippen molar-refractivity contribution in [3.8, 4) is 16.8 Å². The van der Waals surface area contributed by atoms with E-state index in [0.29, 0.717) is 0 Å². The van der Waals surface area contributed by atoms with Crippen LogP contribution in [-0.2, 0) is 0 Å². The zero-order chi connectivity index (χ0) is 42.5. The summed E-state index contributed by atoms with van der Waals surface area (Å²) in [5.74, 6) is 0. The van der Waals surface area contributed by atoms with Gasteiger partial charge in [0.1, 0.15) is 11.2 Å². The second kappa shape index (κ2) is 15.6. The third-order valence-electron chi connectivity index (χ3n) is 12.9. The minimum atomic E-state index is -2.71. The average molecular weight is 835 g/mol. The number of hydrogen-bond acceptors (Lipinski definition) is 2. The third kappa shape index (κ3) is 6.10. The number of aromatic nitrogens is 1. The molecule has 302 valence electrons. The van der Waals surface area contributed by atoms with Gasteiger partial charge in [0.25, 0.3) is 0 Å². The van der Waals surface area contributed by atoms with E-state index in [9.17, 15) is 0 Å². The third-order valence-corrected chi connectivity index (χ3v) is 17.7. The smallest absolute Gasteiger partial charge is 0.179 e. The first-order valence-corrected chi connectivity index (χ1v) is 23.9. The van der Waals surface area contributed by atoms with Crippen molar-refractivity contribution >= 4 is 89.6 Å². The molecule has 0 fully saturated rings. The predicted molar refractivity (Wildman–Crippen MR) is 272 cm³/mol. The lowest BCUT2D eigenvalue weighted by molar-refractivity contribution is 0.669. The van der Waals surface area contributed by atoms with Crippen molar-refractivity contribution < 1.29 is 4.42 Å². The molecular formula is C60H42N2OSi. The summed E-state index contributed by atoms with van der Waals surface area (Å²) in [4.78, 5) is 2.40. The molecule has 3 nitrogen and oxygen atoms in total. The van der Waals surface area contributed by atoms with E-state index in [2.05, 4.69) is 252 Å². The molecule has 0 amide bonds. The van der Waals surface area contributed by atoms with E-state index in [-0.39, 0.29) is 0 Å². The molecule has 10 aromatic carbocycles. The van der Waals surface area contributed by atoms with Crippen LogP contribution >= 0.6 is 0 Å². The van der Waals surface area contributed by atoms with Gasteiger partial charge in [-0.1, -0.05) is 188 Å². The first kappa shape index (κ1) is 37.6. The highest BCUT2D eigenvalue weighted by atomic mass is 28.3. The van der Waals surface area contributed by atoms with Gasteiger partial charge in [-0.3, -0.25) is 0 Å². The highest BCUT2D eigenvalue weighted by molar-refractivity contribution is 7.19. The number of rotatable bonds is 9. The maximum Gasteiger partial charge on any atom is 0.179 e. The molecule has 4 heteroatoms. The number of para-hydroxylation sites is 3. The molecule has 0 aliphatic heterocycles. The molecule has 12 rings (SSSR count). The molecule has 0 unspecified atom stereocenters. The van der Waals surface area contributed by atoms with Crippen LogP contribution in [0.4, 0.5) is 17.1 Å². The van der Waals surface area contributed by atoms with Crippen molar-refractivity contribution in [3.05, 3.63) is 255 Å². The normalized spacial score (nSPS) is 11.8. The molecule has 0 saturated heterocycles. The molecule has 0 saturated carbocycles. The van der Waals surface area contributed by atoms with E-state index in [1.54, 1.807) is 0 Å². The topological polar surface area (TPSA) is 21.3 Å². The number of anilines is 3. The van der Waals surface area contributed by atoms with Crippen molar-refractivity contribution in [1.29, 1.82) is 0 Å². The second-order valence-corrected chi connectivity index (χ2v) is 20.3. The van der Waals surface area contributed by atoms with Gasteiger partial charge in [0.05, 0.1) is 16.7 Å². The Bertz CT molecular complexity index is 3500. The summed E-state index contributed by atoms with van der Waals surface area (Å²) in [5, 5.41) is 10.0. The van der Waals surface area contributed by atoms with Crippen LogP contribution in [0.2, 0.25) is 0 Å². The summed E-state index contributed by atoms with van der Waals surface area (Å²) in [6, 6.07) is 92.8. The highest BCUT2D eigenvalue weighted by Crippen LogP contribution is 2.45. The minimum absolute atomic E-state index is 0.860. The maximum atomic E-state index is 6.52. The lowest BCUT2D eigenvalue weighted by atomic mass is 10.0. The Morgan fingerprint density at radius 2 is 0.875 bits per heavy atom. The van der Waals surface area contributed by atoms with Gasteiger partial charge in [0, 0.05) is 44.7 Å². The van der Waals surface area contributed by atoms with Crippen LogP contribution in [0.5, 0.6) is 0 Å². The molecule has 0 aliphatic carbocycles. The van der Waals surface area contributed by atoms with Gasteiger partial charge in [-0.15, -0.1) is 0 Å². The zero-order valence-electron chi connectivity index (χ0n) is 35.1. The Morgan fingerprint density at radius 1 is 0.344 bits per heavy atom. The molecule has 12 aromatic rings. The van der Waals surface area contributed by atoms with Crippen LogP contribution in [0, 0.1) is 0 Å². The quantitative estimate of drug-likeness (QED) is 0.107. The van der Waals surface area contributed by atoms with Gasteiger partial charge >= 0.3 is 0 Å². The minimum Gasteiger partial charge on any atom is -0.456 e. The summed E-state index contributed by atoms with van der Waals surface area (Å²) in [6.07, 6.45) is 0. The highest BCUT2D eigenvalue weighted by Gasteiger charge is 2.41. The summed E-state index contributed by atoms with van der Waals surface area (Å²) in [5.41, 5.74) is 10.7. The first-order valence-electron chi connectivity index (χ1n) is 21.9. The number of fused-ring (bicyclic) bond motifs is 6. The van der Waals surface area contributed by atoms with Crippen molar-refractivity contribution in [3.63, 3.8) is 0 Å². The Hall–Kier alpha value is -8.18. The number of hydrogen-bond donors (Lipinski definition) is 0. The Morgan fingerprint density at radius 3 is 1.56 bits per heavy atom. The molecule has 2 heterocycles. The van der Waals surface area contributed by atoms with Gasteiger partial charge in [-0.2, -0.15) is 0 Å². The molecule has 0 N–H and O–H groups in total. The molecular weight excluding hydrogens is 793 g/mol. The fourth-order valence-electron chi connectivity index (χ4n) is 10.1. The van der Waals surface area contributed by atoms with Crippen LogP contribution < -0.4 is 25.6 Å². The average Bonchev–Trinajstić information content (AvgIpc) is 3.92. The zero-order valence-corrected chi connectivity index (χ0v) is 36.1. The van der Waals surface area contributed by atoms with Crippen LogP contribution in [0.3, 0.4) is 0 Å². The van der Waals surface area contributed by atoms with Gasteiger partial charge in [-0.25, -0.2) is 0 Å². The summed E-state index contributed by atoms with van der Waals surface area (Å²) in [6.45, 7) is 0. The lowest BCUT2D eigenvalue weighted by Crippen LogP contribution is -2.74. The second-order valence-electron chi connectivity index (χ2n) is 16.4. The molecule has 0 bridgehead atoms. The van der Waals surface area contributed by atoms with E-state index in [1.165, 1.54) is 42.6 Å². The SMILES string of the molecule is c1ccc(-n2c3ccccc3c3c(N(c4ccc(-c5cccc([Si](c6ccccc6)(c6ccccc6)c6ccccc6)c5)cc4)c4ccc5c(c4)oc4ccccc45)cccc32)cc1. The van der Waals surface area contributed by atoms with Gasteiger partial charge in [0.2, 0.25) is 0 Å². The molecule has 64 heavy (non-hydrogen) atoms. The Balaban J connectivity index is 1.04. The fourth-order valence-corrected chi connectivity index (χ4v) is 14.9. The van der Waals surface area contributed by atoms with E-state index < -0.39 is 8.07 Å².